The molecule has 0 atom stereocenters. The molecule has 94 valence electrons. The molecule has 2 aromatic heterocycles. The van der Waals surface area contributed by atoms with Crippen LogP contribution in [0.25, 0.3) is 4.96 Å². The second kappa shape index (κ2) is 4.30. The molecular formula is C10H12F3N3S. The monoisotopic (exact) mass is 263 g/mol. The Hall–Kier alpha value is -1.08. The first kappa shape index (κ1) is 12.4. The van der Waals surface area contributed by atoms with Crippen LogP contribution in [0, 0.1) is 13.8 Å². The number of fused-ring (bicyclic) bond motifs is 1. The molecule has 0 aliphatic rings. The number of halogens is 3. The van der Waals surface area contributed by atoms with E-state index in [1.54, 1.807) is 0 Å². The van der Waals surface area contributed by atoms with Crippen molar-refractivity contribution in [3.05, 3.63) is 22.5 Å². The summed E-state index contributed by atoms with van der Waals surface area (Å²) in [6, 6.07) is 0. The summed E-state index contributed by atoms with van der Waals surface area (Å²) in [7, 11) is 0. The van der Waals surface area contributed by atoms with E-state index in [1.807, 2.05) is 23.6 Å². The van der Waals surface area contributed by atoms with Gasteiger partial charge in [-0.1, -0.05) is 0 Å². The Labute approximate surface area is 100 Å². The maximum Gasteiger partial charge on any atom is 0.401 e. The van der Waals surface area contributed by atoms with Crippen LogP contribution >= 0.6 is 11.3 Å². The van der Waals surface area contributed by atoms with E-state index < -0.39 is 12.7 Å². The summed E-state index contributed by atoms with van der Waals surface area (Å²) in [6.07, 6.45) is -4.18. The highest BCUT2D eigenvalue weighted by atomic mass is 32.1. The first-order valence-electron chi connectivity index (χ1n) is 5.08. The Morgan fingerprint density at radius 1 is 1.41 bits per heavy atom. The normalized spacial score (nSPS) is 12.5. The van der Waals surface area contributed by atoms with Crippen molar-refractivity contribution in [2.45, 2.75) is 26.6 Å². The number of alkyl halides is 3. The number of nitrogens with one attached hydrogen (secondary N) is 1. The Morgan fingerprint density at radius 3 is 2.76 bits per heavy atom. The highest BCUT2D eigenvalue weighted by Gasteiger charge is 2.26. The van der Waals surface area contributed by atoms with E-state index in [1.165, 1.54) is 11.3 Å². The van der Waals surface area contributed by atoms with E-state index >= 15 is 0 Å². The maximum absolute atomic E-state index is 12.0. The molecular weight excluding hydrogens is 251 g/mol. The van der Waals surface area contributed by atoms with Crippen LogP contribution in [0.5, 0.6) is 0 Å². The van der Waals surface area contributed by atoms with E-state index in [2.05, 4.69) is 10.3 Å². The van der Waals surface area contributed by atoms with Crippen LogP contribution in [-0.2, 0) is 6.54 Å². The molecule has 0 bridgehead atoms. The highest BCUT2D eigenvalue weighted by molar-refractivity contribution is 7.15. The van der Waals surface area contributed by atoms with Crippen LogP contribution in [0.1, 0.15) is 17.1 Å². The quantitative estimate of drug-likeness (QED) is 0.922. The zero-order chi connectivity index (χ0) is 12.6. The van der Waals surface area contributed by atoms with Gasteiger partial charge in [0.1, 0.15) is 0 Å². The van der Waals surface area contributed by atoms with Gasteiger partial charge in [-0.05, 0) is 13.8 Å². The second-order valence-corrected chi connectivity index (χ2v) is 4.69. The van der Waals surface area contributed by atoms with Crippen molar-refractivity contribution in [2.75, 3.05) is 6.54 Å². The van der Waals surface area contributed by atoms with Crippen LogP contribution in [0.4, 0.5) is 13.2 Å². The van der Waals surface area contributed by atoms with Crippen LogP contribution in [0.15, 0.2) is 5.38 Å². The van der Waals surface area contributed by atoms with Gasteiger partial charge >= 0.3 is 6.18 Å². The van der Waals surface area contributed by atoms with Gasteiger partial charge < -0.3 is 5.32 Å². The van der Waals surface area contributed by atoms with E-state index in [0.717, 1.165) is 22.0 Å². The summed E-state index contributed by atoms with van der Waals surface area (Å²) in [5.41, 5.74) is 2.56. The minimum atomic E-state index is -4.18. The average molecular weight is 263 g/mol. The standard InChI is InChI=1S/C10H12F3N3S/c1-6-4-17-9-15-7(2)8(16(6)9)3-14-5-10(11,12)13/h4,14H,3,5H2,1-2H3. The molecule has 17 heavy (non-hydrogen) atoms. The van der Waals surface area contributed by atoms with E-state index in [-0.39, 0.29) is 6.54 Å². The van der Waals surface area contributed by atoms with Gasteiger partial charge in [-0.2, -0.15) is 13.2 Å². The van der Waals surface area contributed by atoms with Crippen molar-refractivity contribution in [1.29, 1.82) is 0 Å². The number of aryl methyl sites for hydroxylation is 2. The fraction of sp³-hybridized carbons (Fsp3) is 0.500. The number of nitrogens with zero attached hydrogens (tertiary/aromatic N) is 2. The number of aromatic nitrogens is 2. The van der Waals surface area contributed by atoms with Crippen LogP contribution in [-0.4, -0.2) is 22.1 Å². The van der Waals surface area contributed by atoms with E-state index in [9.17, 15) is 13.2 Å². The Balaban J connectivity index is 2.17. The third kappa shape index (κ3) is 2.61. The lowest BCUT2D eigenvalue weighted by Gasteiger charge is -2.08. The van der Waals surface area contributed by atoms with Crippen molar-refractivity contribution in [1.82, 2.24) is 14.7 Å². The molecule has 7 heteroatoms. The summed E-state index contributed by atoms with van der Waals surface area (Å²) in [4.78, 5) is 5.13. The largest absolute Gasteiger partial charge is 0.401 e. The molecule has 0 spiro atoms. The summed E-state index contributed by atoms with van der Waals surface area (Å²) in [5.74, 6) is 0. The zero-order valence-electron chi connectivity index (χ0n) is 9.43. The van der Waals surface area contributed by atoms with Gasteiger partial charge in [0.25, 0.3) is 0 Å². The SMILES string of the molecule is Cc1nc2scc(C)n2c1CNCC(F)(F)F. The molecule has 0 fully saturated rings. The van der Waals surface area contributed by atoms with Gasteiger partial charge in [0.05, 0.1) is 17.9 Å². The van der Waals surface area contributed by atoms with Crippen molar-refractivity contribution in [2.24, 2.45) is 0 Å². The summed E-state index contributed by atoms with van der Waals surface area (Å²) < 4.78 is 38.0. The van der Waals surface area contributed by atoms with Crippen molar-refractivity contribution in [3.8, 4) is 0 Å². The predicted molar refractivity (Wildman–Crippen MR) is 60.3 cm³/mol. The molecule has 0 aromatic carbocycles. The number of hydrogen-bond donors (Lipinski definition) is 1. The van der Waals surface area contributed by atoms with Crippen molar-refractivity contribution in [3.63, 3.8) is 0 Å². The topological polar surface area (TPSA) is 29.3 Å². The number of hydrogen-bond acceptors (Lipinski definition) is 3. The van der Waals surface area contributed by atoms with E-state index in [4.69, 9.17) is 0 Å². The Morgan fingerprint density at radius 2 is 2.12 bits per heavy atom. The minimum absolute atomic E-state index is 0.171. The molecule has 1 N–H and O–H groups in total. The molecule has 0 amide bonds. The fourth-order valence-corrected chi connectivity index (χ4v) is 2.63. The Bertz CT molecular complexity index is 527. The fourth-order valence-electron chi connectivity index (χ4n) is 1.70. The third-order valence-corrected chi connectivity index (χ3v) is 3.39. The summed E-state index contributed by atoms with van der Waals surface area (Å²) in [5, 5.41) is 4.34. The zero-order valence-corrected chi connectivity index (χ0v) is 10.2. The highest BCUT2D eigenvalue weighted by Crippen LogP contribution is 2.20. The number of imidazole rings is 1. The van der Waals surface area contributed by atoms with Crippen molar-refractivity contribution < 1.29 is 13.2 Å². The van der Waals surface area contributed by atoms with Crippen LogP contribution in [0.2, 0.25) is 0 Å². The molecule has 0 radical (unpaired) electrons. The van der Waals surface area contributed by atoms with Gasteiger partial charge in [0.2, 0.25) is 0 Å². The summed E-state index contributed by atoms with van der Waals surface area (Å²) >= 11 is 1.49. The average Bonchev–Trinajstić information content (AvgIpc) is 2.67. The predicted octanol–water partition coefficient (Wildman–Crippen LogP) is 2.66. The smallest absolute Gasteiger partial charge is 0.303 e. The minimum Gasteiger partial charge on any atom is -0.303 e. The molecule has 2 rings (SSSR count). The lowest BCUT2D eigenvalue weighted by Crippen LogP contribution is -2.28. The van der Waals surface area contributed by atoms with Gasteiger partial charge in [0, 0.05) is 17.6 Å². The lowest BCUT2D eigenvalue weighted by atomic mass is 10.3. The first-order chi connectivity index (χ1) is 7.88. The molecule has 2 heterocycles. The third-order valence-electron chi connectivity index (χ3n) is 2.45. The second-order valence-electron chi connectivity index (χ2n) is 3.86. The molecule has 0 saturated carbocycles. The van der Waals surface area contributed by atoms with Crippen LogP contribution < -0.4 is 5.32 Å². The number of rotatable bonds is 3. The maximum atomic E-state index is 12.0. The van der Waals surface area contributed by atoms with Gasteiger partial charge in [-0.3, -0.25) is 4.40 Å². The Kier molecular flexibility index (Phi) is 3.13. The van der Waals surface area contributed by atoms with Crippen molar-refractivity contribution >= 4 is 16.3 Å². The van der Waals surface area contributed by atoms with Gasteiger partial charge in [0.15, 0.2) is 4.96 Å². The number of thiazole rings is 1. The molecule has 2 aromatic rings. The molecule has 0 aliphatic carbocycles. The van der Waals surface area contributed by atoms with E-state index in [0.29, 0.717) is 0 Å². The molecule has 0 aliphatic heterocycles. The molecule has 3 nitrogen and oxygen atoms in total. The lowest BCUT2D eigenvalue weighted by molar-refractivity contribution is -0.125. The molecule has 0 unspecified atom stereocenters. The van der Waals surface area contributed by atoms with Gasteiger partial charge in [-0.25, -0.2) is 4.98 Å². The van der Waals surface area contributed by atoms with Gasteiger partial charge in [-0.15, -0.1) is 11.3 Å². The molecule has 0 saturated heterocycles. The van der Waals surface area contributed by atoms with Crippen LogP contribution in [0.3, 0.4) is 0 Å². The first-order valence-corrected chi connectivity index (χ1v) is 5.96. The summed E-state index contributed by atoms with van der Waals surface area (Å²) in [6.45, 7) is 2.91.